The quantitative estimate of drug-likeness (QED) is 0.237. The van der Waals surface area contributed by atoms with Crippen molar-refractivity contribution in [2.24, 2.45) is 0 Å². The third-order valence-electron chi connectivity index (χ3n) is 7.44. The van der Waals surface area contributed by atoms with E-state index in [1.54, 1.807) is 6.07 Å². The van der Waals surface area contributed by atoms with Gasteiger partial charge in [0.15, 0.2) is 0 Å². The van der Waals surface area contributed by atoms with Gasteiger partial charge >= 0.3 is 0 Å². The molecule has 7 rings (SSSR count). The van der Waals surface area contributed by atoms with Gasteiger partial charge in [0.05, 0.1) is 27.8 Å². The molecule has 0 N–H and O–H groups in total. The first-order valence-electron chi connectivity index (χ1n) is 13.1. The molecule has 0 aliphatic heterocycles. The van der Waals surface area contributed by atoms with Crippen molar-refractivity contribution in [1.29, 1.82) is 10.5 Å². The summed E-state index contributed by atoms with van der Waals surface area (Å²) in [5, 5.41) is 24.3. The fourth-order valence-corrected chi connectivity index (χ4v) is 5.70. The first kappa shape index (κ1) is 23.3. The van der Waals surface area contributed by atoms with Gasteiger partial charge in [-0.15, -0.1) is 0 Å². The fourth-order valence-electron chi connectivity index (χ4n) is 5.70. The Kier molecular flexibility index (Phi) is 5.52. The van der Waals surface area contributed by atoms with Crippen LogP contribution in [0.15, 0.2) is 133 Å². The van der Waals surface area contributed by atoms with E-state index in [9.17, 15) is 10.5 Å². The minimum atomic E-state index is 0.367. The van der Waals surface area contributed by atoms with Crippen molar-refractivity contribution < 1.29 is 0 Å². The number of hydrogen-bond donors (Lipinski definition) is 0. The Morgan fingerprint density at radius 2 is 1.23 bits per heavy atom. The molecule has 0 saturated heterocycles. The number of aromatic nitrogens is 1. The summed E-state index contributed by atoms with van der Waals surface area (Å²) < 4.78 is 2.14. The van der Waals surface area contributed by atoms with Crippen LogP contribution in [0.5, 0.6) is 0 Å². The fraction of sp³-hybridized carbons (Fsp3) is 0. The lowest BCUT2D eigenvalue weighted by Crippen LogP contribution is -2.09. The van der Waals surface area contributed by atoms with E-state index in [1.165, 1.54) is 0 Å². The second kappa shape index (κ2) is 9.48. The Hall–Kier alpha value is -5.84. The molecule has 0 radical (unpaired) electrons. The van der Waals surface area contributed by atoms with Gasteiger partial charge in [-0.25, -0.2) is 0 Å². The average molecular weight is 511 g/mol. The normalized spacial score (nSPS) is 10.9. The van der Waals surface area contributed by atoms with E-state index in [-0.39, 0.29) is 0 Å². The molecule has 40 heavy (non-hydrogen) atoms. The van der Waals surface area contributed by atoms with Crippen LogP contribution in [0.4, 0.5) is 17.1 Å². The minimum Gasteiger partial charge on any atom is -0.310 e. The molecule has 0 fully saturated rings. The SMILES string of the molecule is N#Cc1cccc(-n2c3ccc(N(c4ccccc4)c4ccccc4)cc3c3ccc4ccccc4c32)c1C#N. The predicted octanol–water partition coefficient (Wildman–Crippen LogP) is 9.15. The van der Waals surface area contributed by atoms with Crippen LogP contribution in [0.3, 0.4) is 0 Å². The number of nitriles is 2. The number of rotatable bonds is 4. The lowest BCUT2D eigenvalue weighted by atomic mass is 10.0. The molecule has 0 unspecified atom stereocenters. The van der Waals surface area contributed by atoms with Crippen molar-refractivity contribution in [2.45, 2.75) is 0 Å². The highest BCUT2D eigenvalue weighted by Crippen LogP contribution is 2.41. The van der Waals surface area contributed by atoms with Crippen LogP contribution in [-0.2, 0) is 0 Å². The molecule has 0 atom stereocenters. The van der Waals surface area contributed by atoms with E-state index in [0.29, 0.717) is 16.8 Å². The van der Waals surface area contributed by atoms with Gasteiger partial charge in [0.25, 0.3) is 0 Å². The third kappa shape index (κ3) is 3.60. The van der Waals surface area contributed by atoms with E-state index < -0.39 is 0 Å². The van der Waals surface area contributed by atoms with E-state index >= 15 is 0 Å². The second-order valence-corrected chi connectivity index (χ2v) is 9.65. The van der Waals surface area contributed by atoms with Crippen LogP contribution in [0.25, 0.3) is 38.3 Å². The number of fused-ring (bicyclic) bond motifs is 5. The number of para-hydroxylation sites is 2. The van der Waals surface area contributed by atoms with Crippen LogP contribution in [0, 0.1) is 22.7 Å². The number of hydrogen-bond acceptors (Lipinski definition) is 3. The van der Waals surface area contributed by atoms with Crippen molar-refractivity contribution in [1.82, 2.24) is 4.57 Å². The summed E-state index contributed by atoms with van der Waals surface area (Å²) >= 11 is 0. The number of benzene rings is 6. The van der Waals surface area contributed by atoms with Gasteiger partial charge in [0, 0.05) is 33.2 Å². The average Bonchev–Trinajstić information content (AvgIpc) is 3.36. The van der Waals surface area contributed by atoms with Crippen molar-refractivity contribution in [2.75, 3.05) is 4.90 Å². The molecule has 0 saturated carbocycles. The Balaban J connectivity index is 1.59. The molecule has 0 amide bonds. The molecular weight excluding hydrogens is 488 g/mol. The summed E-state index contributed by atoms with van der Waals surface area (Å²) in [5.74, 6) is 0. The molecule has 4 nitrogen and oxygen atoms in total. The summed E-state index contributed by atoms with van der Waals surface area (Å²) in [6, 6.07) is 49.7. The van der Waals surface area contributed by atoms with Gasteiger partial charge < -0.3 is 9.47 Å². The molecule has 4 heteroatoms. The molecule has 186 valence electrons. The third-order valence-corrected chi connectivity index (χ3v) is 7.44. The molecule has 1 aromatic heterocycles. The van der Waals surface area contributed by atoms with Crippen molar-refractivity contribution in [3.8, 4) is 17.8 Å². The molecular formula is C36H22N4. The Labute approximate surface area is 231 Å². The molecule has 0 spiro atoms. The van der Waals surface area contributed by atoms with Crippen molar-refractivity contribution >= 4 is 49.6 Å². The maximum atomic E-state index is 10.1. The summed E-state index contributed by atoms with van der Waals surface area (Å²) in [6.07, 6.45) is 0. The topological polar surface area (TPSA) is 55.8 Å². The summed E-state index contributed by atoms with van der Waals surface area (Å²) in [6.45, 7) is 0. The number of anilines is 3. The highest BCUT2D eigenvalue weighted by molar-refractivity contribution is 6.19. The van der Waals surface area contributed by atoms with Crippen molar-refractivity contribution in [3.05, 3.63) is 145 Å². The van der Waals surface area contributed by atoms with Crippen LogP contribution in [-0.4, -0.2) is 4.57 Å². The van der Waals surface area contributed by atoms with Crippen molar-refractivity contribution in [3.63, 3.8) is 0 Å². The van der Waals surface area contributed by atoms with Gasteiger partial charge in [-0.05, 0) is 60.0 Å². The van der Waals surface area contributed by atoms with Crippen LogP contribution in [0.2, 0.25) is 0 Å². The van der Waals surface area contributed by atoms with Gasteiger partial charge in [0.1, 0.15) is 12.1 Å². The van der Waals surface area contributed by atoms with Gasteiger partial charge in [-0.3, -0.25) is 0 Å². The first-order valence-corrected chi connectivity index (χ1v) is 13.1. The standard InChI is InChI=1S/C36H22N4/c37-23-26-11-9-17-34(33(26)24-38)40-35-21-19-29(39(27-12-3-1-4-13-27)28-14-5-2-6-15-28)22-32(35)31-20-18-25-10-7-8-16-30(25)36(31)40/h1-22H. The lowest BCUT2D eigenvalue weighted by Gasteiger charge is -2.25. The first-order chi connectivity index (χ1) is 19.8. The Morgan fingerprint density at radius 3 is 1.93 bits per heavy atom. The molecule has 1 heterocycles. The molecule has 0 aliphatic carbocycles. The maximum absolute atomic E-state index is 10.1. The van der Waals surface area contributed by atoms with E-state index in [0.717, 1.165) is 49.6 Å². The predicted molar refractivity (Wildman–Crippen MR) is 162 cm³/mol. The van der Waals surface area contributed by atoms with Gasteiger partial charge in [-0.2, -0.15) is 10.5 Å². The lowest BCUT2D eigenvalue weighted by molar-refractivity contribution is 1.17. The van der Waals surface area contributed by atoms with Crippen LogP contribution >= 0.6 is 0 Å². The molecule has 6 aromatic carbocycles. The van der Waals surface area contributed by atoms with Crippen LogP contribution < -0.4 is 4.90 Å². The molecule has 7 aromatic rings. The summed E-state index contributed by atoms with van der Waals surface area (Å²) in [7, 11) is 0. The van der Waals surface area contributed by atoms with Gasteiger partial charge in [-0.1, -0.05) is 78.9 Å². The number of nitrogens with zero attached hydrogens (tertiary/aromatic N) is 4. The summed E-state index contributed by atoms with van der Waals surface area (Å²) in [5.41, 5.74) is 6.59. The molecule has 0 bridgehead atoms. The smallest absolute Gasteiger partial charge is 0.103 e. The zero-order valence-corrected chi connectivity index (χ0v) is 21.5. The van der Waals surface area contributed by atoms with E-state index in [1.807, 2.05) is 60.7 Å². The van der Waals surface area contributed by atoms with E-state index in [4.69, 9.17) is 0 Å². The van der Waals surface area contributed by atoms with E-state index in [2.05, 4.69) is 88.3 Å². The minimum absolute atomic E-state index is 0.367. The van der Waals surface area contributed by atoms with Crippen LogP contribution in [0.1, 0.15) is 11.1 Å². The highest BCUT2D eigenvalue weighted by atomic mass is 15.1. The highest BCUT2D eigenvalue weighted by Gasteiger charge is 2.20. The Morgan fingerprint density at radius 1 is 0.525 bits per heavy atom. The largest absolute Gasteiger partial charge is 0.310 e. The summed E-state index contributed by atoms with van der Waals surface area (Å²) in [4.78, 5) is 2.25. The molecule has 0 aliphatic rings. The van der Waals surface area contributed by atoms with Gasteiger partial charge in [0.2, 0.25) is 0 Å². The second-order valence-electron chi connectivity index (χ2n) is 9.65. The zero-order chi connectivity index (χ0) is 27.1. The Bertz CT molecular complexity index is 2090. The maximum Gasteiger partial charge on any atom is 0.103 e. The monoisotopic (exact) mass is 510 g/mol. The zero-order valence-electron chi connectivity index (χ0n) is 21.5.